The van der Waals surface area contributed by atoms with E-state index in [0.29, 0.717) is 32.0 Å². The fourth-order valence-electron chi connectivity index (χ4n) is 5.77. The van der Waals surface area contributed by atoms with Crippen LogP contribution in [0.3, 0.4) is 0 Å². The third-order valence-electron chi connectivity index (χ3n) is 8.27. The minimum Gasteiger partial charge on any atom is -0.494 e. The van der Waals surface area contributed by atoms with Gasteiger partial charge in [0.2, 0.25) is 0 Å². The summed E-state index contributed by atoms with van der Waals surface area (Å²) in [4.78, 5) is 14.8. The second-order valence-corrected chi connectivity index (χ2v) is 13.4. The number of halogens is 4. The van der Waals surface area contributed by atoms with Gasteiger partial charge in [0.1, 0.15) is 34.6 Å². The lowest BCUT2D eigenvalue weighted by molar-refractivity contribution is -0.101. The summed E-state index contributed by atoms with van der Waals surface area (Å²) in [7, 11) is 0. The molecule has 0 saturated carbocycles. The monoisotopic (exact) mass is 709 g/mol. The summed E-state index contributed by atoms with van der Waals surface area (Å²) >= 11 is 0. The van der Waals surface area contributed by atoms with Crippen LogP contribution >= 0.6 is 0 Å². The molecule has 4 aromatic rings. The summed E-state index contributed by atoms with van der Waals surface area (Å²) in [5.41, 5.74) is 1.34. The molecule has 2 atom stereocenters. The Hall–Kier alpha value is -4.45. The maximum atomic E-state index is 14.6. The third-order valence-corrected chi connectivity index (χ3v) is 8.27. The van der Waals surface area contributed by atoms with Crippen molar-refractivity contribution in [1.29, 1.82) is 0 Å². The van der Waals surface area contributed by atoms with Gasteiger partial charge in [0.15, 0.2) is 0 Å². The first-order valence-electron chi connectivity index (χ1n) is 16.9. The molecule has 0 radical (unpaired) electrons. The largest absolute Gasteiger partial charge is 0.494 e. The molecule has 5 rings (SSSR count). The standard InChI is InChI=1S/C40H43F4NO6/c1-40(2,3)51-39(46)45-22-36(49-25-29-10-14-31(41)20-34(29)43)38(37(23-45)50-26-30-11-15-32(42)21-35(30)44)28-12-16-33(17-13-28)48-19-7-18-47-24-27-8-5-4-6-9-27/h4-6,8-17,20-21,36-38H,7,18-19,22-26H2,1-3H3. The summed E-state index contributed by atoms with van der Waals surface area (Å²) < 4.78 is 86.5. The molecule has 1 fully saturated rings. The zero-order chi connectivity index (χ0) is 36.4. The maximum absolute atomic E-state index is 14.6. The average molecular weight is 710 g/mol. The van der Waals surface area contributed by atoms with Gasteiger partial charge in [-0.3, -0.25) is 0 Å². The Bertz CT molecular complexity index is 1650. The van der Waals surface area contributed by atoms with Crippen molar-refractivity contribution >= 4 is 6.09 Å². The fraction of sp³-hybridized carbons (Fsp3) is 0.375. The third kappa shape index (κ3) is 11.3. The molecule has 2 unspecified atom stereocenters. The number of rotatable bonds is 14. The Morgan fingerprint density at radius 1 is 0.725 bits per heavy atom. The van der Waals surface area contributed by atoms with Gasteiger partial charge in [0, 0.05) is 35.6 Å². The summed E-state index contributed by atoms with van der Waals surface area (Å²) in [5.74, 6) is -2.87. The number of hydrogen-bond acceptors (Lipinski definition) is 6. The number of ether oxygens (including phenoxy) is 5. The van der Waals surface area contributed by atoms with Crippen LogP contribution in [0.2, 0.25) is 0 Å². The van der Waals surface area contributed by atoms with E-state index in [0.717, 1.165) is 35.4 Å². The van der Waals surface area contributed by atoms with E-state index in [2.05, 4.69) is 0 Å². The summed E-state index contributed by atoms with van der Waals surface area (Å²) in [6.45, 7) is 6.42. The van der Waals surface area contributed by atoms with Gasteiger partial charge in [-0.15, -0.1) is 0 Å². The highest BCUT2D eigenvalue weighted by atomic mass is 19.1. The van der Waals surface area contributed by atoms with Gasteiger partial charge in [0.05, 0.1) is 58.3 Å². The molecule has 272 valence electrons. The summed E-state index contributed by atoms with van der Waals surface area (Å²) in [6.07, 6.45) is -1.44. The molecule has 0 N–H and O–H groups in total. The van der Waals surface area contributed by atoms with Gasteiger partial charge in [-0.25, -0.2) is 22.4 Å². The first kappa shape index (κ1) is 37.8. The summed E-state index contributed by atoms with van der Waals surface area (Å²) in [6, 6.07) is 23.7. The van der Waals surface area contributed by atoms with Crippen molar-refractivity contribution in [2.24, 2.45) is 0 Å². The Kier molecular flexibility index (Phi) is 13.1. The number of likely N-dealkylation sites (tertiary alicyclic amines) is 1. The molecule has 0 spiro atoms. The maximum Gasteiger partial charge on any atom is 0.410 e. The fourth-order valence-corrected chi connectivity index (χ4v) is 5.77. The minimum atomic E-state index is -0.793. The molecule has 1 aliphatic heterocycles. The van der Waals surface area contributed by atoms with E-state index in [1.165, 1.54) is 17.0 Å². The lowest BCUT2D eigenvalue weighted by Gasteiger charge is -2.43. The van der Waals surface area contributed by atoms with Crippen LogP contribution in [-0.4, -0.2) is 55.1 Å². The molecule has 0 bridgehead atoms. The van der Waals surface area contributed by atoms with E-state index in [4.69, 9.17) is 23.7 Å². The van der Waals surface area contributed by atoms with Crippen molar-refractivity contribution in [2.75, 3.05) is 26.3 Å². The van der Waals surface area contributed by atoms with Crippen molar-refractivity contribution < 1.29 is 46.0 Å². The predicted molar refractivity (Wildman–Crippen MR) is 183 cm³/mol. The SMILES string of the molecule is CC(C)(C)OC(=O)N1CC(OCc2ccc(F)cc2F)C(c2ccc(OCCCOCc3ccccc3)cc2)C(OCc2ccc(F)cc2F)C1. The predicted octanol–water partition coefficient (Wildman–Crippen LogP) is 8.73. The zero-order valence-electron chi connectivity index (χ0n) is 29.0. The number of benzene rings is 4. The molecule has 1 amide bonds. The quantitative estimate of drug-likeness (QED) is 0.0964. The minimum absolute atomic E-state index is 0.0639. The van der Waals surface area contributed by atoms with Gasteiger partial charge in [-0.05, 0) is 56.2 Å². The molecule has 51 heavy (non-hydrogen) atoms. The topological polar surface area (TPSA) is 66.5 Å². The van der Waals surface area contributed by atoms with Gasteiger partial charge in [-0.1, -0.05) is 54.6 Å². The van der Waals surface area contributed by atoms with Crippen molar-refractivity contribution in [3.63, 3.8) is 0 Å². The van der Waals surface area contributed by atoms with Crippen molar-refractivity contribution in [3.05, 3.63) is 137 Å². The lowest BCUT2D eigenvalue weighted by atomic mass is 9.84. The number of carbonyl (C=O) groups is 1. The molecular weight excluding hydrogens is 666 g/mol. The number of piperidine rings is 1. The molecule has 0 aliphatic carbocycles. The molecule has 11 heteroatoms. The molecular formula is C40H43F4NO6. The second kappa shape index (κ2) is 17.7. The molecule has 1 heterocycles. The van der Waals surface area contributed by atoms with Crippen molar-refractivity contribution in [3.8, 4) is 5.75 Å². The smallest absolute Gasteiger partial charge is 0.410 e. The molecule has 7 nitrogen and oxygen atoms in total. The number of hydrogen-bond donors (Lipinski definition) is 0. The summed E-state index contributed by atoms with van der Waals surface area (Å²) in [5, 5.41) is 0. The van der Waals surface area contributed by atoms with E-state index in [-0.39, 0.29) is 37.4 Å². The highest BCUT2D eigenvalue weighted by molar-refractivity contribution is 5.68. The Balaban J connectivity index is 1.34. The Morgan fingerprint density at radius 2 is 1.29 bits per heavy atom. The van der Waals surface area contributed by atoms with Crippen LogP contribution in [0.25, 0.3) is 0 Å². The molecule has 0 aromatic heterocycles. The van der Waals surface area contributed by atoms with E-state index in [1.807, 2.05) is 54.6 Å². The van der Waals surface area contributed by atoms with Crippen LogP contribution in [-0.2, 0) is 38.8 Å². The first-order chi connectivity index (χ1) is 24.4. The van der Waals surface area contributed by atoms with E-state index >= 15 is 0 Å². The number of nitrogens with zero attached hydrogens (tertiary/aromatic N) is 1. The highest BCUT2D eigenvalue weighted by Gasteiger charge is 2.42. The number of carbonyl (C=O) groups excluding carboxylic acids is 1. The molecule has 4 aromatic carbocycles. The van der Waals surface area contributed by atoms with E-state index < -0.39 is 53.1 Å². The van der Waals surface area contributed by atoms with Crippen LogP contribution in [0, 0.1) is 23.3 Å². The highest BCUT2D eigenvalue weighted by Crippen LogP contribution is 2.36. The van der Waals surface area contributed by atoms with Crippen LogP contribution in [0.1, 0.15) is 55.4 Å². The van der Waals surface area contributed by atoms with Crippen LogP contribution in [0.5, 0.6) is 5.75 Å². The van der Waals surface area contributed by atoms with Crippen molar-refractivity contribution in [2.45, 2.75) is 70.7 Å². The van der Waals surface area contributed by atoms with Gasteiger partial charge < -0.3 is 28.6 Å². The van der Waals surface area contributed by atoms with Gasteiger partial charge >= 0.3 is 6.09 Å². The first-order valence-corrected chi connectivity index (χ1v) is 16.9. The van der Waals surface area contributed by atoms with E-state index in [9.17, 15) is 22.4 Å². The Labute approximate surface area is 296 Å². The zero-order valence-corrected chi connectivity index (χ0v) is 29.0. The molecule has 1 aliphatic rings. The van der Waals surface area contributed by atoms with Crippen LogP contribution in [0.4, 0.5) is 22.4 Å². The molecule has 1 saturated heterocycles. The van der Waals surface area contributed by atoms with Gasteiger partial charge in [0.25, 0.3) is 0 Å². The van der Waals surface area contributed by atoms with Gasteiger partial charge in [-0.2, -0.15) is 0 Å². The number of amides is 1. The normalized spacial score (nSPS) is 17.7. The van der Waals surface area contributed by atoms with E-state index in [1.54, 1.807) is 20.8 Å². The van der Waals surface area contributed by atoms with Crippen LogP contribution in [0.15, 0.2) is 91.0 Å². The average Bonchev–Trinajstić information content (AvgIpc) is 3.09. The van der Waals surface area contributed by atoms with Crippen LogP contribution < -0.4 is 4.74 Å². The second-order valence-electron chi connectivity index (χ2n) is 13.4. The van der Waals surface area contributed by atoms with Crippen molar-refractivity contribution in [1.82, 2.24) is 4.90 Å². The lowest BCUT2D eigenvalue weighted by Crippen LogP contribution is -2.55. The Morgan fingerprint density at radius 3 is 1.82 bits per heavy atom.